The van der Waals surface area contributed by atoms with Crippen molar-refractivity contribution in [3.63, 3.8) is 0 Å². The van der Waals surface area contributed by atoms with E-state index in [-0.39, 0.29) is 17.9 Å². The number of carbonyl (C=O) groups excluding carboxylic acids is 2. The van der Waals surface area contributed by atoms with Crippen molar-refractivity contribution in [3.8, 4) is 0 Å². The minimum absolute atomic E-state index is 0.0571. The van der Waals surface area contributed by atoms with Crippen LogP contribution in [0.1, 0.15) is 51.4 Å². The van der Waals surface area contributed by atoms with Crippen LogP contribution in [-0.2, 0) is 9.59 Å². The molecule has 1 unspecified atom stereocenters. The molecule has 4 nitrogen and oxygen atoms in total. The maximum absolute atomic E-state index is 11.8. The van der Waals surface area contributed by atoms with Crippen LogP contribution in [-0.4, -0.2) is 35.8 Å². The lowest BCUT2D eigenvalue weighted by Crippen LogP contribution is -2.43. The van der Waals surface area contributed by atoms with Gasteiger partial charge in [-0.05, 0) is 12.8 Å². The smallest absolute Gasteiger partial charge is 0.246 e. The monoisotopic (exact) mass is 238 g/mol. The fraction of sp³-hybridized carbons (Fsp3) is 0.846. The second kappa shape index (κ2) is 5.63. The molecule has 2 fully saturated rings. The third-order valence-corrected chi connectivity index (χ3v) is 3.92. The third kappa shape index (κ3) is 3.06. The lowest BCUT2D eigenvalue weighted by atomic mass is 9.96. The average Bonchev–Trinajstić information content (AvgIpc) is 2.50. The number of carbonyl (C=O) groups is 2. The van der Waals surface area contributed by atoms with E-state index in [1.165, 1.54) is 37.0 Å². The predicted octanol–water partition coefficient (Wildman–Crippen LogP) is 1.45. The van der Waals surface area contributed by atoms with Gasteiger partial charge < -0.3 is 5.32 Å². The van der Waals surface area contributed by atoms with Gasteiger partial charge in [-0.2, -0.15) is 0 Å². The Hall–Kier alpha value is -0.900. The van der Waals surface area contributed by atoms with Crippen LogP contribution in [0.4, 0.5) is 0 Å². The van der Waals surface area contributed by atoms with Crippen LogP contribution in [0, 0.1) is 0 Å². The van der Waals surface area contributed by atoms with E-state index in [4.69, 9.17) is 0 Å². The molecule has 1 aliphatic heterocycles. The van der Waals surface area contributed by atoms with Crippen LogP contribution >= 0.6 is 0 Å². The van der Waals surface area contributed by atoms with Crippen LogP contribution < -0.4 is 5.32 Å². The van der Waals surface area contributed by atoms with Crippen LogP contribution in [0.15, 0.2) is 0 Å². The normalized spacial score (nSPS) is 28.3. The van der Waals surface area contributed by atoms with Gasteiger partial charge in [0, 0.05) is 13.1 Å². The quantitative estimate of drug-likeness (QED) is 0.741. The zero-order chi connectivity index (χ0) is 12.3. The molecule has 1 aliphatic carbocycles. The highest BCUT2D eigenvalue weighted by Gasteiger charge is 2.36. The standard InChI is InChI=1S/C13H22N2O2/c1-15-12(16)9-11(13(15)17)14-10-7-5-3-2-4-6-8-10/h10-11,14H,2-9H2,1H3. The molecule has 0 aromatic heterocycles. The minimum atomic E-state index is -0.267. The molecule has 0 radical (unpaired) electrons. The molecule has 2 amide bonds. The number of nitrogens with one attached hydrogen (secondary N) is 1. The van der Waals surface area contributed by atoms with Gasteiger partial charge in [0.15, 0.2) is 0 Å². The molecule has 0 aromatic carbocycles. The molecule has 2 aliphatic rings. The first-order chi connectivity index (χ1) is 8.18. The van der Waals surface area contributed by atoms with Crippen molar-refractivity contribution < 1.29 is 9.59 Å². The molecule has 1 heterocycles. The van der Waals surface area contributed by atoms with Gasteiger partial charge >= 0.3 is 0 Å². The van der Waals surface area contributed by atoms with Crippen LogP contribution in [0.2, 0.25) is 0 Å². The number of imide groups is 1. The fourth-order valence-corrected chi connectivity index (χ4v) is 2.79. The van der Waals surface area contributed by atoms with Crippen molar-refractivity contribution in [2.24, 2.45) is 0 Å². The van der Waals surface area contributed by atoms with E-state index in [0.29, 0.717) is 12.5 Å². The summed E-state index contributed by atoms with van der Waals surface area (Å²) in [5.41, 5.74) is 0. The molecule has 1 N–H and O–H groups in total. The molecule has 1 atom stereocenters. The maximum atomic E-state index is 11.8. The molecular weight excluding hydrogens is 216 g/mol. The first-order valence-electron chi connectivity index (χ1n) is 6.75. The molecular formula is C13H22N2O2. The van der Waals surface area contributed by atoms with Crippen molar-refractivity contribution in [2.45, 2.75) is 63.5 Å². The molecule has 0 spiro atoms. The van der Waals surface area contributed by atoms with Crippen molar-refractivity contribution in [3.05, 3.63) is 0 Å². The Morgan fingerprint density at radius 3 is 2.18 bits per heavy atom. The first kappa shape index (κ1) is 12.6. The van der Waals surface area contributed by atoms with E-state index in [0.717, 1.165) is 12.8 Å². The number of rotatable bonds is 2. The van der Waals surface area contributed by atoms with Gasteiger partial charge in [-0.1, -0.05) is 32.1 Å². The summed E-state index contributed by atoms with van der Waals surface area (Å²) >= 11 is 0. The molecule has 1 saturated heterocycles. The molecule has 17 heavy (non-hydrogen) atoms. The van der Waals surface area contributed by atoms with E-state index < -0.39 is 0 Å². The Morgan fingerprint density at radius 2 is 1.65 bits per heavy atom. The summed E-state index contributed by atoms with van der Waals surface area (Å²) < 4.78 is 0. The number of hydrogen-bond acceptors (Lipinski definition) is 3. The largest absolute Gasteiger partial charge is 0.303 e. The van der Waals surface area contributed by atoms with Crippen LogP contribution in [0.25, 0.3) is 0 Å². The third-order valence-electron chi connectivity index (χ3n) is 3.92. The van der Waals surface area contributed by atoms with Gasteiger partial charge in [-0.3, -0.25) is 14.5 Å². The second-order valence-corrected chi connectivity index (χ2v) is 5.26. The Bertz CT molecular complexity index is 296. The van der Waals surface area contributed by atoms with Crippen molar-refractivity contribution in [1.29, 1.82) is 0 Å². The molecule has 1 saturated carbocycles. The van der Waals surface area contributed by atoms with Gasteiger partial charge in [0.25, 0.3) is 0 Å². The first-order valence-corrected chi connectivity index (χ1v) is 6.75. The molecule has 0 aromatic rings. The fourth-order valence-electron chi connectivity index (χ4n) is 2.79. The van der Waals surface area contributed by atoms with Crippen LogP contribution in [0.5, 0.6) is 0 Å². The Kier molecular flexibility index (Phi) is 4.15. The predicted molar refractivity (Wildman–Crippen MR) is 65.4 cm³/mol. The lowest BCUT2D eigenvalue weighted by Gasteiger charge is -2.23. The summed E-state index contributed by atoms with van der Waals surface area (Å²) in [4.78, 5) is 24.5. The van der Waals surface area contributed by atoms with E-state index in [1.807, 2.05) is 0 Å². The minimum Gasteiger partial charge on any atom is -0.303 e. The van der Waals surface area contributed by atoms with E-state index >= 15 is 0 Å². The van der Waals surface area contributed by atoms with Crippen molar-refractivity contribution >= 4 is 11.8 Å². The number of amides is 2. The summed E-state index contributed by atoms with van der Waals surface area (Å²) in [5, 5.41) is 3.38. The highest BCUT2D eigenvalue weighted by Crippen LogP contribution is 2.19. The molecule has 0 bridgehead atoms. The maximum Gasteiger partial charge on any atom is 0.246 e. The lowest BCUT2D eigenvalue weighted by molar-refractivity contribution is -0.137. The SMILES string of the molecule is CN1C(=O)CC(NC2CCCCCCC2)C1=O. The second-order valence-electron chi connectivity index (χ2n) is 5.26. The molecule has 2 rings (SSSR count). The van der Waals surface area contributed by atoms with E-state index in [9.17, 15) is 9.59 Å². The van der Waals surface area contributed by atoms with Crippen LogP contribution in [0.3, 0.4) is 0 Å². The van der Waals surface area contributed by atoms with Gasteiger partial charge in [-0.15, -0.1) is 0 Å². The van der Waals surface area contributed by atoms with Crippen molar-refractivity contribution in [1.82, 2.24) is 10.2 Å². The molecule has 96 valence electrons. The van der Waals surface area contributed by atoms with E-state index in [1.54, 1.807) is 7.05 Å². The average molecular weight is 238 g/mol. The number of likely N-dealkylation sites (N-methyl/N-ethyl adjacent to an activating group) is 1. The summed E-state index contributed by atoms with van der Waals surface area (Å²) in [6, 6.07) is 0.153. The molecule has 4 heteroatoms. The number of nitrogens with zero attached hydrogens (tertiary/aromatic N) is 1. The Morgan fingerprint density at radius 1 is 1.06 bits per heavy atom. The Balaban J connectivity index is 1.87. The highest BCUT2D eigenvalue weighted by molar-refractivity contribution is 6.05. The van der Waals surface area contributed by atoms with E-state index in [2.05, 4.69) is 5.32 Å². The van der Waals surface area contributed by atoms with Gasteiger partial charge in [0.1, 0.15) is 0 Å². The summed E-state index contributed by atoms with van der Waals surface area (Å²) in [6.45, 7) is 0. The summed E-state index contributed by atoms with van der Waals surface area (Å²) in [7, 11) is 1.57. The highest BCUT2D eigenvalue weighted by atomic mass is 16.2. The van der Waals surface area contributed by atoms with Gasteiger partial charge in [-0.25, -0.2) is 0 Å². The van der Waals surface area contributed by atoms with Gasteiger partial charge in [0.2, 0.25) is 11.8 Å². The zero-order valence-corrected chi connectivity index (χ0v) is 10.6. The summed E-state index contributed by atoms with van der Waals surface area (Å²) in [5.74, 6) is -0.115. The number of likely N-dealkylation sites (tertiary alicyclic amines) is 1. The summed E-state index contributed by atoms with van der Waals surface area (Å²) in [6.07, 6.45) is 9.04. The van der Waals surface area contributed by atoms with Crippen molar-refractivity contribution in [2.75, 3.05) is 7.05 Å². The Labute approximate surface area is 103 Å². The zero-order valence-electron chi connectivity index (χ0n) is 10.6. The topological polar surface area (TPSA) is 49.4 Å². The number of hydrogen-bond donors (Lipinski definition) is 1. The van der Waals surface area contributed by atoms with Gasteiger partial charge in [0.05, 0.1) is 12.5 Å².